The molecule has 0 amide bonds. The second-order valence-corrected chi connectivity index (χ2v) is 6.34. The first kappa shape index (κ1) is 14.8. The van der Waals surface area contributed by atoms with E-state index >= 15 is 0 Å². The summed E-state index contributed by atoms with van der Waals surface area (Å²) in [6, 6.07) is 2.89. The van der Waals surface area contributed by atoms with Crippen LogP contribution in [0.1, 0.15) is 55.3 Å². The van der Waals surface area contributed by atoms with Crippen LogP contribution in [0, 0.1) is 0 Å². The summed E-state index contributed by atoms with van der Waals surface area (Å²) in [4.78, 5) is 7.42. The summed E-state index contributed by atoms with van der Waals surface area (Å²) < 4.78 is 0. The zero-order valence-electron chi connectivity index (χ0n) is 12.9. The maximum Gasteiger partial charge on any atom is 0.133 e. The number of fused-ring (bicyclic) bond motifs is 1. The molecule has 0 atom stereocenters. The summed E-state index contributed by atoms with van der Waals surface area (Å²) in [5.41, 5.74) is 9.86. The molecule has 116 valence electrons. The van der Waals surface area contributed by atoms with Crippen molar-refractivity contribution in [3.8, 4) is 0 Å². The second kappa shape index (κ2) is 6.75. The summed E-state index contributed by atoms with van der Waals surface area (Å²) in [6.07, 6.45) is 9.38. The van der Waals surface area contributed by atoms with Gasteiger partial charge in [-0.1, -0.05) is 0 Å². The Morgan fingerprint density at radius 1 is 1.24 bits per heavy atom. The summed E-state index contributed by atoms with van der Waals surface area (Å²) >= 11 is 0. The highest BCUT2D eigenvalue weighted by atomic mass is 16.3. The highest BCUT2D eigenvalue weighted by Crippen LogP contribution is 2.33. The lowest BCUT2D eigenvalue weighted by Crippen LogP contribution is -2.42. The second-order valence-electron chi connectivity index (χ2n) is 6.34. The number of aliphatic hydroxyl groups excluding tert-OH is 1. The summed E-state index contributed by atoms with van der Waals surface area (Å²) in [5, 5.41) is 9.18. The molecule has 4 nitrogen and oxygen atoms in total. The fourth-order valence-corrected chi connectivity index (χ4v) is 3.47. The highest BCUT2D eigenvalue weighted by molar-refractivity contribution is 5.51. The first-order chi connectivity index (χ1) is 10.3. The molecule has 1 heterocycles. The van der Waals surface area contributed by atoms with Crippen LogP contribution in [-0.4, -0.2) is 29.3 Å². The van der Waals surface area contributed by atoms with Crippen molar-refractivity contribution in [2.24, 2.45) is 5.73 Å². The van der Waals surface area contributed by atoms with Crippen molar-refractivity contribution < 1.29 is 5.11 Å². The van der Waals surface area contributed by atoms with Crippen LogP contribution in [-0.2, 0) is 19.4 Å². The molecule has 1 fully saturated rings. The maximum atomic E-state index is 9.18. The average molecular weight is 289 g/mol. The molecule has 1 saturated carbocycles. The van der Waals surface area contributed by atoms with Crippen molar-refractivity contribution in [2.45, 2.75) is 64.0 Å². The Morgan fingerprint density at radius 2 is 2.05 bits per heavy atom. The predicted octanol–water partition coefficient (Wildman–Crippen LogP) is 2.16. The molecule has 0 radical (unpaired) electrons. The van der Waals surface area contributed by atoms with Crippen molar-refractivity contribution >= 4 is 5.82 Å². The number of hydrogen-bond donors (Lipinski definition) is 2. The van der Waals surface area contributed by atoms with Gasteiger partial charge in [0.05, 0.1) is 0 Å². The Labute approximate surface area is 127 Å². The Balaban J connectivity index is 1.92. The molecule has 3 rings (SSSR count). The van der Waals surface area contributed by atoms with Crippen molar-refractivity contribution in [3.05, 3.63) is 22.9 Å². The summed E-state index contributed by atoms with van der Waals surface area (Å²) in [5.74, 6) is 1.09. The van der Waals surface area contributed by atoms with E-state index in [1.165, 1.54) is 48.9 Å². The van der Waals surface area contributed by atoms with E-state index in [2.05, 4.69) is 11.0 Å². The van der Waals surface area contributed by atoms with Crippen molar-refractivity contribution in [1.82, 2.24) is 4.98 Å². The van der Waals surface area contributed by atoms with E-state index in [4.69, 9.17) is 10.7 Å². The predicted molar refractivity (Wildman–Crippen MR) is 85.5 cm³/mol. The van der Waals surface area contributed by atoms with Gasteiger partial charge in [0, 0.05) is 37.0 Å². The average Bonchev–Trinajstić information content (AvgIpc) is 2.48. The fraction of sp³-hybridized carbons (Fsp3) is 0.706. The Morgan fingerprint density at radius 3 is 2.71 bits per heavy atom. The largest absolute Gasteiger partial charge is 0.396 e. The van der Waals surface area contributed by atoms with E-state index in [1.807, 2.05) is 0 Å². The van der Waals surface area contributed by atoms with Crippen LogP contribution in [0.15, 0.2) is 6.07 Å². The Kier molecular flexibility index (Phi) is 4.76. The molecule has 2 aliphatic rings. The van der Waals surface area contributed by atoms with Gasteiger partial charge in [-0.15, -0.1) is 0 Å². The molecular formula is C17H27N3O. The molecule has 0 aromatic carbocycles. The molecule has 1 aromatic rings. The van der Waals surface area contributed by atoms with Crippen LogP contribution in [0.3, 0.4) is 0 Å². The number of anilines is 1. The van der Waals surface area contributed by atoms with Crippen LogP contribution in [0.5, 0.6) is 0 Å². The zero-order chi connectivity index (χ0) is 14.7. The number of nitrogens with zero attached hydrogens (tertiary/aromatic N) is 2. The standard InChI is InChI=1S/C17H27N3O/c18-12-14-11-13-5-1-2-8-16(13)19-17(14)20(9-4-10-21)15-6-3-7-15/h11,15,21H,1-10,12,18H2. The molecule has 0 bridgehead atoms. The topological polar surface area (TPSA) is 62.4 Å². The number of hydrogen-bond acceptors (Lipinski definition) is 4. The molecule has 0 unspecified atom stereocenters. The first-order valence-electron chi connectivity index (χ1n) is 8.42. The van der Waals surface area contributed by atoms with Gasteiger partial charge >= 0.3 is 0 Å². The van der Waals surface area contributed by atoms with Gasteiger partial charge in [0.2, 0.25) is 0 Å². The SMILES string of the molecule is NCc1cc2c(nc1N(CCCO)C1CCC1)CCCC2. The zero-order valence-corrected chi connectivity index (χ0v) is 12.9. The Bertz CT molecular complexity index is 485. The van der Waals surface area contributed by atoms with Gasteiger partial charge in [0.15, 0.2) is 0 Å². The molecule has 2 aliphatic carbocycles. The van der Waals surface area contributed by atoms with E-state index < -0.39 is 0 Å². The van der Waals surface area contributed by atoms with Gasteiger partial charge < -0.3 is 15.7 Å². The number of nitrogens with two attached hydrogens (primary N) is 1. The van der Waals surface area contributed by atoms with Gasteiger partial charge in [-0.05, 0) is 63.0 Å². The van der Waals surface area contributed by atoms with Crippen molar-refractivity contribution in [1.29, 1.82) is 0 Å². The molecule has 4 heteroatoms. The van der Waals surface area contributed by atoms with Crippen LogP contribution < -0.4 is 10.6 Å². The number of aliphatic hydroxyl groups is 1. The van der Waals surface area contributed by atoms with E-state index in [0.717, 1.165) is 31.6 Å². The van der Waals surface area contributed by atoms with Gasteiger partial charge in [-0.3, -0.25) is 0 Å². The summed E-state index contributed by atoms with van der Waals surface area (Å²) in [7, 11) is 0. The molecule has 0 saturated heterocycles. The normalized spacial score (nSPS) is 18.2. The number of pyridine rings is 1. The van der Waals surface area contributed by atoms with E-state index in [1.54, 1.807) is 0 Å². The number of rotatable bonds is 6. The lowest BCUT2D eigenvalue weighted by Gasteiger charge is -2.40. The van der Waals surface area contributed by atoms with E-state index in [9.17, 15) is 5.11 Å². The minimum Gasteiger partial charge on any atom is -0.396 e. The third kappa shape index (κ3) is 3.06. The third-order valence-corrected chi connectivity index (χ3v) is 4.92. The van der Waals surface area contributed by atoms with E-state index in [-0.39, 0.29) is 6.61 Å². The lowest BCUT2D eigenvalue weighted by molar-refractivity contribution is 0.282. The van der Waals surface area contributed by atoms with Crippen molar-refractivity contribution in [3.63, 3.8) is 0 Å². The van der Waals surface area contributed by atoms with E-state index in [0.29, 0.717) is 12.6 Å². The van der Waals surface area contributed by atoms with Gasteiger partial charge in [-0.25, -0.2) is 4.98 Å². The van der Waals surface area contributed by atoms with Crippen molar-refractivity contribution in [2.75, 3.05) is 18.1 Å². The third-order valence-electron chi connectivity index (χ3n) is 4.92. The van der Waals surface area contributed by atoms with Crippen LogP contribution in [0.2, 0.25) is 0 Å². The molecular weight excluding hydrogens is 262 g/mol. The van der Waals surface area contributed by atoms with Gasteiger partial charge in [-0.2, -0.15) is 0 Å². The van der Waals surface area contributed by atoms with Gasteiger partial charge in [0.25, 0.3) is 0 Å². The quantitative estimate of drug-likeness (QED) is 0.842. The molecule has 0 spiro atoms. The molecule has 1 aromatic heterocycles. The molecule has 3 N–H and O–H groups in total. The van der Waals surface area contributed by atoms with Crippen LogP contribution >= 0.6 is 0 Å². The monoisotopic (exact) mass is 289 g/mol. The number of aromatic nitrogens is 1. The number of aryl methyl sites for hydroxylation is 2. The van der Waals surface area contributed by atoms with Crippen LogP contribution in [0.25, 0.3) is 0 Å². The lowest BCUT2D eigenvalue weighted by atomic mass is 9.90. The fourth-order valence-electron chi connectivity index (χ4n) is 3.47. The maximum absolute atomic E-state index is 9.18. The minimum absolute atomic E-state index is 0.242. The molecule has 21 heavy (non-hydrogen) atoms. The Hall–Kier alpha value is -1.13. The van der Waals surface area contributed by atoms with Gasteiger partial charge in [0.1, 0.15) is 5.82 Å². The highest BCUT2D eigenvalue weighted by Gasteiger charge is 2.28. The minimum atomic E-state index is 0.242. The first-order valence-corrected chi connectivity index (χ1v) is 8.42. The molecule has 0 aliphatic heterocycles. The summed E-state index contributed by atoms with van der Waals surface area (Å²) in [6.45, 7) is 1.68. The smallest absolute Gasteiger partial charge is 0.133 e. The van der Waals surface area contributed by atoms with Crippen LogP contribution in [0.4, 0.5) is 5.82 Å².